The number of phosphoric acid groups is 1. The number of hydrogen-bond acceptors (Lipinski definition) is 8. The van der Waals surface area contributed by atoms with E-state index in [9.17, 15) is 19.4 Å². The van der Waals surface area contributed by atoms with Crippen molar-refractivity contribution in [1.82, 2.24) is 0 Å². The molecular weight excluding hydrogens is 703 g/mol. The van der Waals surface area contributed by atoms with Crippen LogP contribution in [0.15, 0.2) is 0 Å². The first kappa shape index (κ1) is 40.2. The molecule has 0 aliphatic heterocycles. The Hall–Kier alpha value is -0.540. The van der Waals surface area contributed by atoms with Crippen LogP contribution in [0.4, 0.5) is 0 Å². The summed E-state index contributed by atoms with van der Waals surface area (Å²) in [5, 5.41) is 18.5. The van der Waals surface area contributed by atoms with Crippen LogP contribution in [0.25, 0.3) is 0 Å². The smallest absolute Gasteiger partial charge is 0.463 e. The molecule has 8 saturated carbocycles. The Bertz CT molecular complexity index is 1270. The number of fused-ring (bicyclic) bond motifs is 14. The van der Waals surface area contributed by atoms with Crippen molar-refractivity contribution in [2.45, 2.75) is 153 Å². The topological polar surface area (TPSA) is 132 Å². The van der Waals surface area contributed by atoms with Crippen molar-refractivity contribution in [1.29, 1.82) is 0 Å². The van der Waals surface area contributed by atoms with E-state index in [0.29, 0.717) is 13.0 Å². The Kier molecular flexibility index (Phi) is 13.5. The minimum atomic E-state index is -4.48. The number of carbonyl (C=O) groups excluding carboxylic acids is 1. The van der Waals surface area contributed by atoms with Crippen LogP contribution in [0.1, 0.15) is 141 Å². The summed E-state index contributed by atoms with van der Waals surface area (Å²) in [6.07, 6.45) is 26.0. The molecule has 8 rings (SSSR count). The minimum absolute atomic E-state index is 0.0574. The Morgan fingerprint density at radius 3 is 1.61 bits per heavy atom. The summed E-state index contributed by atoms with van der Waals surface area (Å²) in [7, 11) is -4.48. The van der Waals surface area contributed by atoms with Crippen LogP contribution < -0.4 is 0 Å². The van der Waals surface area contributed by atoms with E-state index in [1.807, 2.05) is 0 Å². The lowest BCUT2D eigenvalue weighted by Crippen LogP contribution is -2.69. The summed E-state index contributed by atoms with van der Waals surface area (Å²) in [5.41, 5.74) is 0. The van der Waals surface area contributed by atoms with E-state index < -0.39 is 33.2 Å². The monoisotopic (exact) mass is 776 g/mol. The van der Waals surface area contributed by atoms with Crippen molar-refractivity contribution in [3.8, 4) is 0 Å². The lowest BCUT2D eigenvalue weighted by atomic mass is 9.30. The molecule has 17 atom stereocenters. The Balaban J connectivity index is 0.664. The van der Waals surface area contributed by atoms with E-state index in [4.69, 9.17) is 23.6 Å². The first-order chi connectivity index (χ1) is 26.3. The van der Waals surface area contributed by atoms with Gasteiger partial charge in [-0.05, 0) is 147 Å². The summed E-state index contributed by atoms with van der Waals surface area (Å²) >= 11 is 0. The molecule has 0 radical (unpaired) electrons. The number of carbonyl (C=O) groups is 1. The number of phosphoric ester groups is 1. The lowest BCUT2D eigenvalue weighted by molar-refractivity contribution is -0.264. The lowest BCUT2D eigenvalue weighted by Gasteiger charge is -2.74. The molecule has 54 heavy (non-hydrogen) atoms. The highest BCUT2D eigenvalue weighted by Gasteiger charge is 2.69. The fourth-order valence-electron chi connectivity index (χ4n) is 14.2. The van der Waals surface area contributed by atoms with Gasteiger partial charge < -0.3 is 24.6 Å². The maximum absolute atomic E-state index is 12.6. The van der Waals surface area contributed by atoms with Gasteiger partial charge in [-0.3, -0.25) is 13.8 Å². The quantitative estimate of drug-likeness (QED) is 0.0473. The molecule has 3 N–H and O–H groups in total. The van der Waals surface area contributed by atoms with Gasteiger partial charge in [0.15, 0.2) is 0 Å². The van der Waals surface area contributed by atoms with E-state index in [1.165, 1.54) is 103 Å². The SMILES string of the molecule is O=C(CCCCCC1CCC2C(C1)C1C3CCC3C21)OC[C@H](COP(=O)(O)OC[C@@H](O)CO)OCCCCCCCCC1CCC2C(C1)C1C3CCC3C21. The number of hydrogen-bond donors (Lipinski definition) is 3. The summed E-state index contributed by atoms with van der Waals surface area (Å²) in [6.45, 7) is -1.01. The Morgan fingerprint density at radius 1 is 0.593 bits per heavy atom. The average Bonchev–Trinajstić information content (AvgIpc) is 3.15. The molecule has 0 saturated heterocycles. The first-order valence-corrected chi connectivity index (χ1v) is 24.5. The van der Waals surface area contributed by atoms with Crippen molar-refractivity contribution in [2.75, 3.05) is 33.0 Å². The predicted molar refractivity (Wildman–Crippen MR) is 206 cm³/mol. The number of aliphatic hydroxyl groups excluding tert-OH is 2. The number of esters is 1. The predicted octanol–water partition coefficient (Wildman–Crippen LogP) is 8.72. The molecule has 0 aromatic rings. The maximum Gasteiger partial charge on any atom is 0.472 e. The summed E-state index contributed by atoms with van der Waals surface area (Å²) in [5.74, 6) is 14.8. The van der Waals surface area contributed by atoms with Gasteiger partial charge in [-0.2, -0.15) is 0 Å². The standard InChI is InChI=1S/C44H73O9P/c45-24-30(46)25-52-54(48,49)53-27-31(26-51-40(47)12-8-5-7-11-29-14-16-37-39(23-29)44-35-20-18-33(35)42(37)44)50-21-9-4-2-1-3-6-10-28-13-15-36-38(22-28)43-34-19-17-32(34)41(36)43/h28-39,41-46H,1-27H2,(H,48,49)/t28?,29?,30-,31+,32?,33?,34?,35?,36?,37?,38?,39?,41?,42?,43?,44?/m0/s1. The Labute approximate surface area is 325 Å². The molecular formula is C44H73O9P. The molecule has 0 spiro atoms. The third kappa shape index (κ3) is 8.74. The van der Waals surface area contributed by atoms with Crippen LogP contribution in [-0.4, -0.2) is 66.3 Å². The number of ether oxygens (including phenoxy) is 2. The summed E-state index contributed by atoms with van der Waals surface area (Å²) in [4.78, 5) is 22.7. The third-order valence-corrected chi connectivity index (χ3v) is 18.0. The molecule has 0 aromatic heterocycles. The van der Waals surface area contributed by atoms with Crippen LogP contribution in [0.5, 0.6) is 0 Å². The molecule has 0 bridgehead atoms. The molecule has 0 heterocycles. The fourth-order valence-corrected chi connectivity index (χ4v) is 15.0. The highest BCUT2D eigenvalue weighted by Crippen LogP contribution is 2.75. The highest BCUT2D eigenvalue weighted by molar-refractivity contribution is 7.47. The van der Waals surface area contributed by atoms with Gasteiger partial charge in [0.1, 0.15) is 18.8 Å². The van der Waals surface area contributed by atoms with Crippen molar-refractivity contribution >= 4 is 13.8 Å². The summed E-state index contributed by atoms with van der Waals surface area (Å²) < 4.78 is 33.8. The van der Waals surface area contributed by atoms with Crippen molar-refractivity contribution in [3.63, 3.8) is 0 Å². The van der Waals surface area contributed by atoms with Gasteiger partial charge in [0.25, 0.3) is 0 Å². The second-order valence-electron chi connectivity index (χ2n) is 19.7. The molecule has 8 aliphatic carbocycles. The van der Waals surface area contributed by atoms with Crippen LogP contribution in [0.3, 0.4) is 0 Å². The second-order valence-corrected chi connectivity index (χ2v) is 21.2. The zero-order valence-electron chi connectivity index (χ0n) is 33.1. The van der Waals surface area contributed by atoms with Crippen LogP contribution >= 0.6 is 7.82 Å². The van der Waals surface area contributed by atoms with Gasteiger partial charge in [-0.25, -0.2) is 4.57 Å². The van der Waals surface area contributed by atoms with Gasteiger partial charge >= 0.3 is 13.8 Å². The summed E-state index contributed by atoms with van der Waals surface area (Å²) in [6, 6.07) is 0. The molecule has 9 nitrogen and oxygen atoms in total. The normalized spacial score (nSPS) is 41.4. The van der Waals surface area contributed by atoms with Gasteiger partial charge in [0, 0.05) is 13.0 Å². The van der Waals surface area contributed by atoms with E-state index in [1.54, 1.807) is 0 Å². The molecule has 308 valence electrons. The van der Waals surface area contributed by atoms with Crippen LogP contribution in [-0.2, 0) is 27.9 Å². The number of rotatable bonds is 25. The van der Waals surface area contributed by atoms with E-state index >= 15 is 0 Å². The third-order valence-electron chi connectivity index (χ3n) is 17.1. The number of aliphatic hydroxyl groups is 2. The molecule has 10 heteroatoms. The Morgan fingerprint density at radius 2 is 1.06 bits per heavy atom. The number of unbranched alkanes of at least 4 members (excludes halogenated alkanes) is 7. The zero-order chi connectivity index (χ0) is 37.2. The van der Waals surface area contributed by atoms with Crippen LogP contribution in [0, 0.1) is 82.9 Å². The molecule has 0 amide bonds. The van der Waals surface area contributed by atoms with Gasteiger partial charge in [0.2, 0.25) is 0 Å². The maximum atomic E-state index is 12.6. The van der Waals surface area contributed by atoms with Gasteiger partial charge in [0.05, 0.1) is 19.8 Å². The van der Waals surface area contributed by atoms with E-state index in [2.05, 4.69) is 0 Å². The average molecular weight is 777 g/mol. The van der Waals surface area contributed by atoms with Crippen molar-refractivity contribution in [3.05, 3.63) is 0 Å². The first-order valence-electron chi connectivity index (χ1n) is 23.0. The zero-order valence-corrected chi connectivity index (χ0v) is 34.0. The molecule has 8 fully saturated rings. The largest absolute Gasteiger partial charge is 0.472 e. The highest BCUT2D eigenvalue weighted by atomic mass is 31.2. The van der Waals surface area contributed by atoms with E-state index in [0.717, 1.165) is 115 Å². The van der Waals surface area contributed by atoms with Crippen molar-refractivity contribution < 1.29 is 43.0 Å². The molecule has 8 aliphatic rings. The van der Waals surface area contributed by atoms with Gasteiger partial charge in [-0.1, -0.05) is 70.6 Å². The van der Waals surface area contributed by atoms with E-state index in [-0.39, 0.29) is 19.2 Å². The second kappa shape index (κ2) is 18.2. The molecule has 15 unspecified atom stereocenters. The van der Waals surface area contributed by atoms with Crippen molar-refractivity contribution in [2.24, 2.45) is 82.9 Å². The minimum Gasteiger partial charge on any atom is -0.463 e. The van der Waals surface area contributed by atoms with Crippen LogP contribution in [0.2, 0.25) is 0 Å². The fraction of sp³-hybridized carbons (Fsp3) is 0.977. The molecule has 0 aromatic carbocycles. The van der Waals surface area contributed by atoms with Gasteiger partial charge in [-0.15, -0.1) is 0 Å².